The predicted octanol–water partition coefficient (Wildman–Crippen LogP) is 3.91. The summed E-state index contributed by atoms with van der Waals surface area (Å²) in [6.45, 7) is 11.6. The Balaban J connectivity index is 1.91. The summed E-state index contributed by atoms with van der Waals surface area (Å²) in [5.41, 5.74) is 1.03. The van der Waals surface area contributed by atoms with E-state index in [1.807, 2.05) is 29.2 Å². The van der Waals surface area contributed by atoms with Crippen molar-refractivity contribution in [2.75, 3.05) is 19.7 Å². The molecule has 1 N–H and O–H groups in total. The second-order valence-corrected chi connectivity index (χ2v) is 7.32. The highest BCUT2D eigenvalue weighted by Crippen LogP contribution is 2.22. The number of likely N-dealkylation sites (tertiary alicyclic amines) is 1. The first-order valence-corrected chi connectivity index (χ1v) is 8.69. The molecule has 0 spiro atoms. The summed E-state index contributed by atoms with van der Waals surface area (Å²) in [6.07, 6.45) is 1.20. The van der Waals surface area contributed by atoms with Crippen molar-refractivity contribution in [1.82, 2.24) is 10.2 Å². The maximum absolute atomic E-state index is 12.4. The molecular weight excluding hydrogens is 288 g/mol. The number of benzene rings is 1. The van der Waals surface area contributed by atoms with Gasteiger partial charge >= 0.3 is 6.03 Å². The van der Waals surface area contributed by atoms with Crippen molar-refractivity contribution in [3.05, 3.63) is 29.8 Å². The monoisotopic (exact) mass is 318 g/mol. The zero-order valence-corrected chi connectivity index (χ0v) is 14.8. The maximum Gasteiger partial charge on any atom is 0.317 e. The van der Waals surface area contributed by atoms with E-state index in [1.54, 1.807) is 0 Å². The average molecular weight is 318 g/mol. The van der Waals surface area contributed by atoms with Gasteiger partial charge in [0.05, 0.1) is 6.61 Å². The maximum atomic E-state index is 12.4. The van der Waals surface area contributed by atoms with Crippen LogP contribution in [0.4, 0.5) is 4.79 Å². The van der Waals surface area contributed by atoms with Crippen LogP contribution in [0, 0.1) is 17.8 Å². The van der Waals surface area contributed by atoms with E-state index in [1.165, 1.54) is 6.42 Å². The van der Waals surface area contributed by atoms with Crippen LogP contribution in [-0.4, -0.2) is 30.6 Å². The highest BCUT2D eigenvalue weighted by Gasteiger charge is 2.25. The van der Waals surface area contributed by atoms with Gasteiger partial charge in [-0.1, -0.05) is 45.9 Å². The summed E-state index contributed by atoms with van der Waals surface area (Å²) >= 11 is 0. The van der Waals surface area contributed by atoms with Crippen LogP contribution in [0.3, 0.4) is 0 Å². The van der Waals surface area contributed by atoms with Gasteiger partial charge < -0.3 is 15.0 Å². The van der Waals surface area contributed by atoms with Crippen molar-refractivity contribution in [2.45, 2.75) is 40.7 Å². The molecule has 1 heterocycles. The molecule has 1 saturated heterocycles. The Hall–Kier alpha value is -1.71. The first kappa shape index (κ1) is 17.6. The Morgan fingerprint density at radius 1 is 1.26 bits per heavy atom. The van der Waals surface area contributed by atoms with E-state index in [2.05, 4.69) is 33.0 Å². The number of carbonyl (C=O) groups is 1. The second-order valence-electron chi connectivity index (χ2n) is 7.32. The van der Waals surface area contributed by atoms with Gasteiger partial charge in [0.2, 0.25) is 0 Å². The van der Waals surface area contributed by atoms with Gasteiger partial charge in [-0.3, -0.25) is 0 Å². The van der Waals surface area contributed by atoms with Gasteiger partial charge in [0.25, 0.3) is 0 Å². The first-order valence-electron chi connectivity index (χ1n) is 8.69. The fraction of sp³-hybridized carbons (Fsp3) is 0.632. The van der Waals surface area contributed by atoms with Crippen LogP contribution < -0.4 is 10.1 Å². The fourth-order valence-corrected chi connectivity index (χ4v) is 3.16. The van der Waals surface area contributed by atoms with E-state index >= 15 is 0 Å². The molecule has 23 heavy (non-hydrogen) atoms. The molecule has 1 aromatic carbocycles. The number of carbonyl (C=O) groups excluding carboxylic acids is 1. The molecule has 1 aliphatic rings. The molecule has 0 radical (unpaired) electrons. The Morgan fingerprint density at radius 3 is 2.57 bits per heavy atom. The SMILES string of the molecule is CC(C)COc1ccccc1CNC(=O)N1CC(C)CC(C)C1. The molecule has 128 valence electrons. The fourth-order valence-electron chi connectivity index (χ4n) is 3.16. The lowest BCUT2D eigenvalue weighted by atomic mass is 9.92. The Labute approximate surface area is 140 Å². The summed E-state index contributed by atoms with van der Waals surface area (Å²) in [4.78, 5) is 14.4. The molecule has 1 fully saturated rings. The number of nitrogens with one attached hydrogen (secondary N) is 1. The number of rotatable bonds is 5. The van der Waals surface area contributed by atoms with Gasteiger partial charge in [0, 0.05) is 25.2 Å². The van der Waals surface area contributed by atoms with Gasteiger partial charge in [0.15, 0.2) is 0 Å². The van der Waals surface area contributed by atoms with Crippen LogP contribution >= 0.6 is 0 Å². The third-order valence-corrected chi connectivity index (χ3v) is 4.13. The van der Waals surface area contributed by atoms with E-state index in [0.29, 0.717) is 30.9 Å². The summed E-state index contributed by atoms with van der Waals surface area (Å²) in [7, 11) is 0. The quantitative estimate of drug-likeness (QED) is 0.894. The number of hydrogen-bond donors (Lipinski definition) is 1. The van der Waals surface area contributed by atoms with Crippen molar-refractivity contribution in [3.8, 4) is 5.75 Å². The largest absolute Gasteiger partial charge is 0.493 e. The van der Waals surface area contributed by atoms with Crippen LogP contribution in [0.15, 0.2) is 24.3 Å². The highest BCUT2D eigenvalue weighted by molar-refractivity contribution is 5.74. The molecule has 2 rings (SSSR count). The zero-order valence-electron chi connectivity index (χ0n) is 14.8. The van der Waals surface area contributed by atoms with Crippen molar-refractivity contribution in [2.24, 2.45) is 17.8 Å². The lowest BCUT2D eigenvalue weighted by molar-refractivity contribution is 0.146. The Morgan fingerprint density at radius 2 is 1.91 bits per heavy atom. The molecule has 0 aromatic heterocycles. The van der Waals surface area contributed by atoms with E-state index < -0.39 is 0 Å². The molecule has 0 bridgehead atoms. The van der Waals surface area contributed by atoms with Gasteiger partial charge in [0.1, 0.15) is 5.75 Å². The Bertz CT molecular complexity index is 506. The number of hydrogen-bond acceptors (Lipinski definition) is 2. The van der Waals surface area contributed by atoms with Gasteiger partial charge in [-0.05, 0) is 30.2 Å². The Kier molecular flexibility index (Phi) is 6.31. The average Bonchev–Trinajstić information content (AvgIpc) is 2.50. The normalized spacial score (nSPS) is 21.3. The summed E-state index contributed by atoms with van der Waals surface area (Å²) in [5, 5.41) is 3.04. The minimum atomic E-state index is 0.0297. The third kappa shape index (κ3) is 5.45. The van der Waals surface area contributed by atoms with Crippen molar-refractivity contribution >= 4 is 6.03 Å². The number of piperidine rings is 1. The number of amides is 2. The standard InChI is InChI=1S/C19H30N2O2/c1-14(2)13-23-18-8-6-5-7-17(18)10-20-19(22)21-11-15(3)9-16(4)12-21/h5-8,14-16H,9-13H2,1-4H3,(H,20,22). The lowest BCUT2D eigenvalue weighted by Gasteiger charge is -2.35. The molecule has 4 nitrogen and oxygen atoms in total. The zero-order chi connectivity index (χ0) is 16.8. The van der Waals surface area contributed by atoms with Crippen LogP contribution in [0.2, 0.25) is 0 Å². The second kappa shape index (κ2) is 8.23. The highest BCUT2D eigenvalue weighted by atomic mass is 16.5. The van der Waals surface area contributed by atoms with Crippen molar-refractivity contribution < 1.29 is 9.53 Å². The molecular formula is C19H30N2O2. The first-order chi connectivity index (χ1) is 11.0. The summed E-state index contributed by atoms with van der Waals surface area (Å²) < 4.78 is 5.85. The summed E-state index contributed by atoms with van der Waals surface area (Å²) in [6, 6.07) is 7.96. The molecule has 0 saturated carbocycles. The molecule has 4 heteroatoms. The van der Waals surface area contributed by atoms with Crippen LogP contribution in [0.5, 0.6) is 5.75 Å². The predicted molar refractivity (Wildman–Crippen MR) is 93.5 cm³/mol. The van der Waals surface area contributed by atoms with Crippen LogP contribution in [-0.2, 0) is 6.54 Å². The van der Waals surface area contributed by atoms with Crippen molar-refractivity contribution in [3.63, 3.8) is 0 Å². The minimum absolute atomic E-state index is 0.0297. The number of para-hydroxylation sites is 1. The van der Waals surface area contributed by atoms with E-state index in [4.69, 9.17) is 4.74 Å². The van der Waals surface area contributed by atoms with Crippen LogP contribution in [0.25, 0.3) is 0 Å². The molecule has 1 aromatic rings. The summed E-state index contributed by atoms with van der Waals surface area (Å²) in [5.74, 6) is 2.49. The smallest absolute Gasteiger partial charge is 0.317 e. The third-order valence-electron chi connectivity index (χ3n) is 4.13. The molecule has 2 atom stereocenters. The number of urea groups is 1. The topological polar surface area (TPSA) is 41.6 Å². The van der Waals surface area contributed by atoms with Gasteiger partial charge in [-0.15, -0.1) is 0 Å². The molecule has 0 aliphatic carbocycles. The number of ether oxygens (including phenoxy) is 1. The molecule has 2 unspecified atom stereocenters. The van der Waals surface area contributed by atoms with E-state index in [0.717, 1.165) is 24.4 Å². The van der Waals surface area contributed by atoms with E-state index in [9.17, 15) is 4.79 Å². The van der Waals surface area contributed by atoms with E-state index in [-0.39, 0.29) is 6.03 Å². The van der Waals surface area contributed by atoms with Gasteiger partial charge in [-0.25, -0.2) is 4.79 Å². The van der Waals surface area contributed by atoms with Crippen LogP contribution in [0.1, 0.15) is 39.7 Å². The molecule has 1 aliphatic heterocycles. The minimum Gasteiger partial charge on any atom is -0.493 e. The number of nitrogens with zero attached hydrogens (tertiary/aromatic N) is 1. The molecule has 2 amide bonds. The van der Waals surface area contributed by atoms with Crippen molar-refractivity contribution in [1.29, 1.82) is 0 Å². The lowest BCUT2D eigenvalue weighted by Crippen LogP contribution is -2.47. The van der Waals surface area contributed by atoms with Gasteiger partial charge in [-0.2, -0.15) is 0 Å².